The second-order valence-electron chi connectivity index (χ2n) is 8.33. The summed E-state index contributed by atoms with van der Waals surface area (Å²) in [7, 11) is 1.67. The van der Waals surface area contributed by atoms with Crippen LogP contribution >= 0.6 is 11.3 Å². The van der Waals surface area contributed by atoms with Crippen LogP contribution in [0.3, 0.4) is 0 Å². The number of anilines is 2. The van der Waals surface area contributed by atoms with Crippen LogP contribution in [0.25, 0.3) is 0 Å². The van der Waals surface area contributed by atoms with Crippen LogP contribution in [-0.4, -0.2) is 45.7 Å². The van der Waals surface area contributed by atoms with E-state index in [4.69, 9.17) is 4.74 Å². The number of piperazine rings is 1. The van der Waals surface area contributed by atoms with Gasteiger partial charge in [-0.25, -0.2) is 0 Å². The van der Waals surface area contributed by atoms with E-state index in [1.807, 2.05) is 12.1 Å². The predicted molar refractivity (Wildman–Crippen MR) is 120 cm³/mol. The lowest BCUT2D eigenvalue weighted by molar-refractivity contribution is -0.892. The van der Waals surface area contributed by atoms with E-state index in [-0.39, 0.29) is 5.91 Å². The minimum atomic E-state index is 0.00560. The molecule has 1 saturated heterocycles. The van der Waals surface area contributed by atoms with Crippen molar-refractivity contribution in [3.8, 4) is 11.8 Å². The van der Waals surface area contributed by atoms with E-state index in [0.717, 1.165) is 61.8 Å². The fourth-order valence-electron chi connectivity index (χ4n) is 4.41. The number of nitrogens with zero attached hydrogens (tertiary/aromatic N) is 2. The molecule has 6 nitrogen and oxygen atoms in total. The summed E-state index contributed by atoms with van der Waals surface area (Å²) >= 11 is 1.60. The lowest BCUT2D eigenvalue weighted by atomic mass is 9.89. The summed E-state index contributed by atoms with van der Waals surface area (Å²) in [6.45, 7) is 6.38. The number of methoxy groups -OCH3 is 1. The molecule has 0 saturated carbocycles. The van der Waals surface area contributed by atoms with Crippen molar-refractivity contribution in [2.45, 2.75) is 26.2 Å². The van der Waals surface area contributed by atoms with Crippen molar-refractivity contribution in [3.05, 3.63) is 40.3 Å². The van der Waals surface area contributed by atoms with Gasteiger partial charge in [0.15, 0.2) is 6.54 Å². The minimum Gasteiger partial charge on any atom is -0.497 e. The molecule has 0 bridgehead atoms. The van der Waals surface area contributed by atoms with Crippen LogP contribution in [0.2, 0.25) is 0 Å². The van der Waals surface area contributed by atoms with Crippen molar-refractivity contribution in [2.24, 2.45) is 5.92 Å². The van der Waals surface area contributed by atoms with E-state index in [1.165, 1.54) is 15.5 Å². The summed E-state index contributed by atoms with van der Waals surface area (Å²) in [6.07, 6.45) is 3.09. The highest BCUT2D eigenvalue weighted by Crippen LogP contribution is 2.39. The van der Waals surface area contributed by atoms with Crippen LogP contribution in [0.4, 0.5) is 10.7 Å². The number of ether oxygens (including phenoxy) is 1. The van der Waals surface area contributed by atoms with Gasteiger partial charge < -0.3 is 19.9 Å². The maximum atomic E-state index is 12.7. The lowest BCUT2D eigenvalue weighted by Gasteiger charge is -2.33. The van der Waals surface area contributed by atoms with Crippen LogP contribution < -0.4 is 19.9 Å². The van der Waals surface area contributed by atoms with E-state index >= 15 is 0 Å². The second-order valence-corrected chi connectivity index (χ2v) is 9.43. The zero-order valence-corrected chi connectivity index (χ0v) is 18.5. The average Bonchev–Trinajstić information content (AvgIpc) is 3.10. The van der Waals surface area contributed by atoms with Crippen LogP contribution in [0.15, 0.2) is 24.3 Å². The number of quaternary nitrogens is 1. The van der Waals surface area contributed by atoms with Gasteiger partial charge in [0.1, 0.15) is 16.8 Å². The van der Waals surface area contributed by atoms with Crippen LogP contribution in [0.5, 0.6) is 5.75 Å². The van der Waals surface area contributed by atoms with Gasteiger partial charge in [0, 0.05) is 10.6 Å². The molecule has 1 fully saturated rings. The van der Waals surface area contributed by atoms with Crippen molar-refractivity contribution >= 4 is 27.9 Å². The summed E-state index contributed by atoms with van der Waals surface area (Å²) < 4.78 is 5.23. The van der Waals surface area contributed by atoms with Gasteiger partial charge in [-0.2, -0.15) is 5.26 Å². The number of fused-ring (bicyclic) bond motifs is 1. The van der Waals surface area contributed by atoms with Crippen LogP contribution in [0, 0.1) is 17.2 Å². The Hall–Kier alpha value is -2.56. The summed E-state index contributed by atoms with van der Waals surface area (Å²) in [6, 6.07) is 10.5. The van der Waals surface area contributed by atoms with Gasteiger partial charge in [0.2, 0.25) is 0 Å². The number of carbonyl (C=O) groups excluding carboxylic acids is 1. The summed E-state index contributed by atoms with van der Waals surface area (Å²) in [5.74, 6) is 1.52. The second kappa shape index (κ2) is 9.07. The Kier molecular flexibility index (Phi) is 6.26. The topological polar surface area (TPSA) is 69.8 Å². The quantitative estimate of drug-likeness (QED) is 0.770. The number of nitriles is 1. The first-order valence-electron chi connectivity index (χ1n) is 10.6. The maximum absolute atomic E-state index is 12.7. The van der Waals surface area contributed by atoms with Crippen LogP contribution in [-0.2, 0) is 17.6 Å². The maximum Gasteiger partial charge on any atom is 0.280 e. The molecule has 2 heterocycles. The smallest absolute Gasteiger partial charge is 0.280 e. The van der Waals surface area contributed by atoms with Gasteiger partial charge in [-0.3, -0.25) is 4.79 Å². The van der Waals surface area contributed by atoms with Gasteiger partial charge >= 0.3 is 0 Å². The molecule has 1 aromatic heterocycles. The third-order valence-electron chi connectivity index (χ3n) is 6.20. The van der Waals surface area contributed by atoms with E-state index in [0.29, 0.717) is 18.0 Å². The summed E-state index contributed by atoms with van der Waals surface area (Å²) in [5.41, 5.74) is 3.04. The highest BCUT2D eigenvalue weighted by atomic mass is 32.1. The Morgan fingerprint density at radius 1 is 1.33 bits per heavy atom. The monoisotopic (exact) mass is 425 g/mol. The van der Waals surface area contributed by atoms with Gasteiger partial charge in [-0.1, -0.05) is 6.92 Å². The highest BCUT2D eigenvalue weighted by molar-refractivity contribution is 7.16. The largest absolute Gasteiger partial charge is 0.497 e. The van der Waals surface area contributed by atoms with E-state index in [9.17, 15) is 10.1 Å². The molecule has 158 valence electrons. The highest BCUT2D eigenvalue weighted by Gasteiger charge is 2.26. The van der Waals surface area contributed by atoms with E-state index < -0.39 is 0 Å². The minimum absolute atomic E-state index is 0.00560. The number of hydrogen-bond donors (Lipinski definition) is 2. The molecule has 2 N–H and O–H groups in total. The van der Waals surface area contributed by atoms with E-state index in [1.54, 1.807) is 18.4 Å². The molecule has 1 atom stereocenters. The predicted octanol–water partition coefficient (Wildman–Crippen LogP) is 2.10. The van der Waals surface area contributed by atoms with Gasteiger partial charge in [0.25, 0.3) is 5.91 Å². The van der Waals surface area contributed by atoms with Crippen molar-refractivity contribution in [3.63, 3.8) is 0 Å². The number of amides is 1. The molecule has 1 amide bonds. The first kappa shape index (κ1) is 20.7. The zero-order valence-electron chi connectivity index (χ0n) is 17.7. The number of nitrogens with one attached hydrogen (secondary N) is 2. The molecule has 4 rings (SSSR count). The third kappa shape index (κ3) is 4.45. The third-order valence-corrected chi connectivity index (χ3v) is 7.36. The number of carbonyl (C=O) groups is 1. The van der Waals surface area contributed by atoms with Gasteiger partial charge in [-0.15, -0.1) is 11.3 Å². The Labute approximate surface area is 182 Å². The van der Waals surface area contributed by atoms with Crippen molar-refractivity contribution < 1.29 is 14.4 Å². The first-order valence-corrected chi connectivity index (χ1v) is 11.5. The van der Waals surface area contributed by atoms with Gasteiger partial charge in [-0.05, 0) is 55.0 Å². The first-order chi connectivity index (χ1) is 14.6. The molecule has 0 spiro atoms. The normalized spacial score (nSPS) is 19.1. The molecule has 0 radical (unpaired) electrons. The average molecular weight is 426 g/mol. The molecule has 1 aliphatic carbocycles. The lowest BCUT2D eigenvalue weighted by Crippen LogP contribution is -3.15. The zero-order chi connectivity index (χ0) is 21.1. The molecule has 2 aromatic rings. The SMILES string of the molecule is COc1ccc(N2CC[NH+](CC(=O)Nc3sc4c(c3C#N)CC[C@H](C)C4)CC2)cc1. The molecule has 1 aliphatic heterocycles. The Morgan fingerprint density at radius 2 is 2.07 bits per heavy atom. The van der Waals surface area contributed by atoms with Crippen molar-refractivity contribution in [1.82, 2.24) is 0 Å². The standard InChI is InChI=1S/C23H28N4O2S/c1-16-3-8-19-20(14-24)23(30-21(19)13-16)25-22(28)15-26-9-11-27(12-10-26)17-4-6-18(29-2)7-5-17/h4-7,16H,3,8-13,15H2,1-2H3,(H,25,28)/p+1/t16-/m0/s1. The molecular weight excluding hydrogens is 396 g/mol. The van der Waals surface area contributed by atoms with Crippen LogP contribution in [0.1, 0.15) is 29.3 Å². The number of rotatable bonds is 5. The fraction of sp³-hybridized carbons (Fsp3) is 0.478. The van der Waals surface area contributed by atoms with E-state index in [2.05, 4.69) is 35.3 Å². The molecule has 30 heavy (non-hydrogen) atoms. The molecule has 0 unspecified atom stereocenters. The Bertz CT molecular complexity index is 939. The number of thiophene rings is 1. The Balaban J connectivity index is 1.32. The summed E-state index contributed by atoms with van der Waals surface area (Å²) in [4.78, 5) is 17.6. The van der Waals surface area contributed by atoms with Crippen molar-refractivity contribution in [2.75, 3.05) is 50.1 Å². The molecule has 1 aromatic carbocycles. The number of hydrogen-bond acceptors (Lipinski definition) is 5. The van der Waals surface area contributed by atoms with Crippen molar-refractivity contribution in [1.29, 1.82) is 5.26 Å². The van der Waals surface area contributed by atoms with Gasteiger partial charge in [0.05, 0.1) is 38.9 Å². The number of benzene rings is 1. The molecule has 2 aliphatic rings. The summed E-state index contributed by atoms with van der Waals surface area (Å²) in [5, 5.41) is 13.4. The fourth-order valence-corrected chi connectivity index (χ4v) is 5.78. The molecular formula is C23H29N4O2S+. The molecule has 7 heteroatoms. The Morgan fingerprint density at radius 3 is 2.73 bits per heavy atom.